The minimum absolute atomic E-state index is 0.172. The first-order valence-corrected chi connectivity index (χ1v) is 9.97. The van der Waals surface area contributed by atoms with Crippen LogP contribution in [0.1, 0.15) is 48.9 Å². The second kappa shape index (κ2) is 8.38. The average molecular weight is 391 g/mol. The van der Waals surface area contributed by atoms with Crippen LogP contribution in [0.25, 0.3) is 5.69 Å². The number of benzene rings is 1. The Morgan fingerprint density at radius 1 is 1.24 bits per heavy atom. The minimum atomic E-state index is -0.357. The zero-order chi connectivity index (χ0) is 20.2. The number of piperidine rings is 1. The Kier molecular flexibility index (Phi) is 5.50. The van der Waals surface area contributed by atoms with Crippen molar-refractivity contribution in [2.45, 2.75) is 32.7 Å². The van der Waals surface area contributed by atoms with Crippen LogP contribution in [0.4, 0.5) is 5.82 Å². The number of carbonyl (C=O) groups is 1. The third-order valence-corrected chi connectivity index (χ3v) is 5.22. The Labute approximate surface area is 169 Å². The smallest absolute Gasteiger partial charge is 0.252 e. The highest BCUT2D eigenvalue weighted by Gasteiger charge is 2.21. The van der Waals surface area contributed by atoms with Crippen LogP contribution in [-0.4, -0.2) is 44.2 Å². The van der Waals surface area contributed by atoms with Crippen LogP contribution >= 0.6 is 0 Å². The van der Waals surface area contributed by atoms with Gasteiger partial charge in [-0.1, -0.05) is 25.1 Å². The molecule has 0 bridgehead atoms. The van der Waals surface area contributed by atoms with Crippen molar-refractivity contribution in [3.8, 4) is 5.69 Å². The molecule has 0 aliphatic carbocycles. The monoisotopic (exact) mass is 391 g/mol. The van der Waals surface area contributed by atoms with Crippen LogP contribution in [0, 0.1) is 5.92 Å². The number of hydrogen-bond donors (Lipinski definition) is 1. The van der Waals surface area contributed by atoms with Crippen molar-refractivity contribution < 1.29 is 4.79 Å². The fourth-order valence-corrected chi connectivity index (χ4v) is 3.69. The van der Waals surface area contributed by atoms with Gasteiger partial charge in [-0.15, -0.1) is 5.10 Å². The molecular weight excluding hydrogens is 366 g/mol. The van der Waals surface area contributed by atoms with Gasteiger partial charge in [0.15, 0.2) is 5.82 Å². The molecule has 1 amide bonds. The van der Waals surface area contributed by atoms with E-state index in [9.17, 15) is 4.79 Å². The van der Waals surface area contributed by atoms with Crippen LogP contribution in [0.5, 0.6) is 0 Å². The first kappa shape index (κ1) is 19.0. The van der Waals surface area contributed by atoms with E-state index in [-0.39, 0.29) is 11.9 Å². The quantitative estimate of drug-likeness (QED) is 0.719. The summed E-state index contributed by atoms with van der Waals surface area (Å²) < 4.78 is 1.64. The predicted molar refractivity (Wildman–Crippen MR) is 110 cm³/mol. The molecule has 2 atom stereocenters. The Bertz CT molecular complexity index is 972. The molecule has 8 nitrogen and oxygen atoms in total. The number of nitrogens with zero attached hydrogens (tertiary/aromatic N) is 6. The number of hydrogen-bond acceptors (Lipinski definition) is 6. The molecular formula is C21H25N7O. The largest absolute Gasteiger partial charge is 0.356 e. The standard InChI is InChI=1S/C21H25N7O/c1-15-7-6-12-27(14-15)19-13-17(10-11-22-19)21(29)23-16(2)20-24-25-26-28(20)18-8-4-3-5-9-18/h3-5,8-11,13,15-16H,6-7,12,14H2,1-2H3,(H,23,29). The number of pyridine rings is 1. The third kappa shape index (κ3) is 4.26. The van der Waals surface area contributed by atoms with Gasteiger partial charge in [0, 0.05) is 24.8 Å². The summed E-state index contributed by atoms with van der Waals surface area (Å²) in [7, 11) is 0. The van der Waals surface area contributed by atoms with Gasteiger partial charge in [-0.2, -0.15) is 4.68 Å². The topological polar surface area (TPSA) is 88.8 Å². The molecule has 0 saturated carbocycles. The summed E-state index contributed by atoms with van der Waals surface area (Å²) in [5, 5.41) is 14.9. The van der Waals surface area contributed by atoms with E-state index in [2.05, 4.69) is 37.6 Å². The number of carbonyl (C=O) groups excluding carboxylic acids is 1. The van der Waals surface area contributed by atoms with E-state index in [1.807, 2.05) is 43.3 Å². The maximum Gasteiger partial charge on any atom is 0.252 e. The lowest BCUT2D eigenvalue weighted by atomic mass is 10.0. The number of aromatic nitrogens is 5. The highest BCUT2D eigenvalue weighted by molar-refractivity contribution is 5.95. The van der Waals surface area contributed by atoms with Crippen molar-refractivity contribution in [3.05, 3.63) is 60.0 Å². The summed E-state index contributed by atoms with van der Waals surface area (Å²) in [6.07, 6.45) is 4.09. The highest BCUT2D eigenvalue weighted by atomic mass is 16.1. The summed E-state index contributed by atoms with van der Waals surface area (Å²) in [5.74, 6) is 1.89. The van der Waals surface area contributed by atoms with E-state index in [0.717, 1.165) is 31.0 Å². The molecule has 1 aliphatic rings. The fourth-order valence-electron chi connectivity index (χ4n) is 3.69. The van der Waals surface area contributed by atoms with Gasteiger partial charge in [-0.25, -0.2) is 4.98 Å². The van der Waals surface area contributed by atoms with Crippen LogP contribution in [0.2, 0.25) is 0 Å². The van der Waals surface area contributed by atoms with E-state index in [0.29, 0.717) is 17.3 Å². The number of anilines is 1. The van der Waals surface area contributed by atoms with E-state index >= 15 is 0 Å². The molecule has 1 saturated heterocycles. The summed E-state index contributed by atoms with van der Waals surface area (Å²) in [5.41, 5.74) is 1.43. The molecule has 0 spiro atoms. The molecule has 29 heavy (non-hydrogen) atoms. The van der Waals surface area contributed by atoms with Crippen LogP contribution in [-0.2, 0) is 0 Å². The normalized spacial score (nSPS) is 17.7. The van der Waals surface area contributed by atoms with Gasteiger partial charge >= 0.3 is 0 Å². The summed E-state index contributed by atoms with van der Waals surface area (Å²) in [6.45, 7) is 6.07. The maximum atomic E-state index is 12.9. The molecule has 2 unspecified atom stereocenters. The lowest BCUT2D eigenvalue weighted by Crippen LogP contribution is -2.35. The van der Waals surface area contributed by atoms with Gasteiger partial charge in [0.05, 0.1) is 11.7 Å². The van der Waals surface area contributed by atoms with Crippen molar-refractivity contribution >= 4 is 11.7 Å². The number of rotatable bonds is 5. The van der Waals surface area contributed by atoms with Crippen molar-refractivity contribution in [2.75, 3.05) is 18.0 Å². The van der Waals surface area contributed by atoms with Crippen molar-refractivity contribution in [1.29, 1.82) is 0 Å². The van der Waals surface area contributed by atoms with Crippen molar-refractivity contribution in [2.24, 2.45) is 5.92 Å². The molecule has 1 fully saturated rings. The Morgan fingerprint density at radius 2 is 2.07 bits per heavy atom. The summed E-state index contributed by atoms with van der Waals surface area (Å²) >= 11 is 0. The van der Waals surface area contributed by atoms with Gasteiger partial charge in [0.1, 0.15) is 5.82 Å². The number of para-hydroxylation sites is 1. The Morgan fingerprint density at radius 3 is 2.86 bits per heavy atom. The molecule has 1 aromatic carbocycles. The fraction of sp³-hybridized carbons (Fsp3) is 0.381. The molecule has 3 aromatic rings. The zero-order valence-electron chi connectivity index (χ0n) is 16.7. The van der Waals surface area contributed by atoms with Gasteiger partial charge in [0.2, 0.25) is 0 Å². The zero-order valence-corrected chi connectivity index (χ0v) is 16.7. The first-order chi connectivity index (χ1) is 14.1. The third-order valence-electron chi connectivity index (χ3n) is 5.22. The molecule has 0 radical (unpaired) electrons. The van der Waals surface area contributed by atoms with E-state index < -0.39 is 0 Å². The maximum absolute atomic E-state index is 12.9. The molecule has 150 valence electrons. The van der Waals surface area contributed by atoms with Gasteiger partial charge in [0.25, 0.3) is 5.91 Å². The minimum Gasteiger partial charge on any atom is -0.356 e. The van der Waals surface area contributed by atoms with Crippen LogP contribution < -0.4 is 10.2 Å². The highest BCUT2D eigenvalue weighted by Crippen LogP contribution is 2.22. The van der Waals surface area contributed by atoms with Crippen molar-refractivity contribution in [1.82, 2.24) is 30.5 Å². The first-order valence-electron chi connectivity index (χ1n) is 9.97. The number of nitrogens with one attached hydrogen (secondary N) is 1. The lowest BCUT2D eigenvalue weighted by Gasteiger charge is -2.32. The van der Waals surface area contributed by atoms with E-state index in [1.54, 1.807) is 16.9 Å². The predicted octanol–water partition coefficient (Wildman–Crippen LogP) is 2.78. The summed E-state index contributed by atoms with van der Waals surface area (Å²) in [6, 6.07) is 12.9. The molecule has 1 aliphatic heterocycles. The van der Waals surface area contributed by atoms with Crippen LogP contribution in [0.3, 0.4) is 0 Å². The molecule has 2 aromatic heterocycles. The van der Waals surface area contributed by atoms with Crippen LogP contribution in [0.15, 0.2) is 48.7 Å². The molecule has 8 heteroatoms. The second-order valence-corrected chi connectivity index (χ2v) is 7.58. The Balaban J connectivity index is 1.49. The van der Waals surface area contributed by atoms with Gasteiger partial charge < -0.3 is 10.2 Å². The van der Waals surface area contributed by atoms with Gasteiger partial charge in [-0.3, -0.25) is 4.79 Å². The number of tetrazole rings is 1. The second-order valence-electron chi connectivity index (χ2n) is 7.58. The number of amides is 1. The molecule has 3 heterocycles. The summed E-state index contributed by atoms with van der Waals surface area (Å²) in [4.78, 5) is 19.6. The van der Waals surface area contributed by atoms with Gasteiger partial charge in [-0.05, 0) is 60.4 Å². The SMILES string of the molecule is CC1CCCN(c2cc(C(=O)NC(C)c3nnnn3-c3ccccc3)ccn2)C1. The molecule has 1 N–H and O–H groups in total. The van der Waals surface area contributed by atoms with E-state index in [1.165, 1.54) is 6.42 Å². The van der Waals surface area contributed by atoms with Crippen molar-refractivity contribution in [3.63, 3.8) is 0 Å². The molecule has 4 rings (SSSR count). The Hall–Kier alpha value is -3.29. The lowest BCUT2D eigenvalue weighted by molar-refractivity contribution is 0.0937. The average Bonchev–Trinajstić information content (AvgIpc) is 3.24. The van der Waals surface area contributed by atoms with E-state index in [4.69, 9.17) is 0 Å².